The summed E-state index contributed by atoms with van der Waals surface area (Å²) in [5.41, 5.74) is 2.76. The second-order valence-corrected chi connectivity index (χ2v) is 4.42. The number of tetrazole rings is 1. The Morgan fingerprint density at radius 1 is 1.32 bits per heavy atom. The third-order valence-electron chi connectivity index (χ3n) is 2.89. The normalized spacial score (nSPS) is 10.6. The van der Waals surface area contributed by atoms with Crippen molar-refractivity contribution in [1.82, 2.24) is 30.6 Å². The van der Waals surface area contributed by atoms with Crippen LogP contribution in [-0.4, -0.2) is 31.1 Å². The summed E-state index contributed by atoms with van der Waals surface area (Å²) in [4.78, 5) is 16.5. The van der Waals surface area contributed by atoms with Crippen molar-refractivity contribution in [3.05, 3.63) is 42.4 Å². The molecule has 2 aromatic heterocycles. The molecular weight excluding hydrogens is 286 g/mol. The van der Waals surface area contributed by atoms with Gasteiger partial charge in [-0.2, -0.15) is 4.80 Å². The molecular formula is C13H13N7O2. The van der Waals surface area contributed by atoms with Crippen molar-refractivity contribution in [3.63, 3.8) is 0 Å². The van der Waals surface area contributed by atoms with Crippen LogP contribution in [0.15, 0.2) is 36.5 Å². The standard InChI is InChI=1S/C13H13N7O2/c14-16-12(21)7-20-18-11(17-19-20)8-22-10-5-1-3-9-4-2-6-15-13(9)10/h1-6H,7-8,14H2,(H,16,21). The number of hydrogen-bond donors (Lipinski definition) is 2. The number of carbonyl (C=O) groups is 1. The predicted molar refractivity (Wildman–Crippen MR) is 76.2 cm³/mol. The quantitative estimate of drug-likeness (QED) is 0.380. The summed E-state index contributed by atoms with van der Waals surface area (Å²) in [6.07, 6.45) is 1.70. The average Bonchev–Trinajstić information content (AvgIpc) is 3.00. The highest BCUT2D eigenvalue weighted by molar-refractivity contribution is 5.84. The fraction of sp³-hybridized carbons (Fsp3) is 0.154. The SMILES string of the molecule is NNC(=O)Cn1nnc(COc2cccc3cccnc23)n1. The van der Waals surface area contributed by atoms with Crippen LogP contribution >= 0.6 is 0 Å². The number of hydrogen-bond acceptors (Lipinski definition) is 7. The Bertz CT molecular complexity index is 796. The van der Waals surface area contributed by atoms with E-state index in [-0.39, 0.29) is 13.2 Å². The number of aromatic nitrogens is 5. The smallest absolute Gasteiger partial charge is 0.257 e. The van der Waals surface area contributed by atoms with Gasteiger partial charge in [-0.1, -0.05) is 18.2 Å². The first-order valence-corrected chi connectivity index (χ1v) is 6.49. The highest BCUT2D eigenvalue weighted by Gasteiger charge is 2.08. The zero-order chi connectivity index (χ0) is 15.4. The van der Waals surface area contributed by atoms with Crippen molar-refractivity contribution in [2.45, 2.75) is 13.2 Å². The number of ether oxygens (including phenoxy) is 1. The first kappa shape index (κ1) is 13.9. The van der Waals surface area contributed by atoms with Crippen LogP contribution in [0.25, 0.3) is 10.9 Å². The largest absolute Gasteiger partial charge is 0.483 e. The fourth-order valence-electron chi connectivity index (χ4n) is 1.91. The first-order chi connectivity index (χ1) is 10.8. The monoisotopic (exact) mass is 299 g/mol. The Labute approximate surface area is 125 Å². The molecule has 0 fully saturated rings. The van der Waals surface area contributed by atoms with E-state index in [1.165, 1.54) is 0 Å². The van der Waals surface area contributed by atoms with Gasteiger partial charge in [0, 0.05) is 11.6 Å². The van der Waals surface area contributed by atoms with Gasteiger partial charge in [-0.05, 0) is 17.3 Å². The van der Waals surface area contributed by atoms with Gasteiger partial charge in [0.2, 0.25) is 5.82 Å². The van der Waals surface area contributed by atoms with Gasteiger partial charge in [0.05, 0.1) is 0 Å². The maximum Gasteiger partial charge on any atom is 0.257 e. The number of para-hydroxylation sites is 1. The lowest BCUT2D eigenvalue weighted by Crippen LogP contribution is -2.33. The van der Waals surface area contributed by atoms with E-state index >= 15 is 0 Å². The molecule has 112 valence electrons. The number of amides is 1. The number of pyridine rings is 1. The van der Waals surface area contributed by atoms with Crippen LogP contribution in [0.4, 0.5) is 0 Å². The summed E-state index contributed by atoms with van der Waals surface area (Å²) in [5, 5.41) is 12.6. The Morgan fingerprint density at radius 3 is 3.05 bits per heavy atom. The maximum atomic E-state index is 11.1. The van der Waals surface area contributed by atoms with Crippen LogP contribution in [0.3, 0.4) is 0 Å². The molecule has 0 unspecified atom stereocenters. The van der Waals surface area contributed by atoms with E-state index < -0.39 is 5.91 Å². The molecule has 3 aromatic rings. The Hall–Kier alpha value is -3.07. The lowest BCUT2D eigenvalue weighted by Gasteiger charge is -2.06. The van der Waals surface area contributed by atoms with E-state index in [4.69, 9.17) is 10.6 Å². The molecule has 0 aliphatic rings. The molecule has 22 heavy (non-hydrogen) atoms. The van der Waals surface area contributed by atoms with Crippen molar-refractivity contribution in [3.8, 4) is 5.75 Å². The lowest BCUT2D eigenvalue weighted by atomic mass is 10.2. The molecule has 1 aromatic carbocycles. The van der Waals surface area contributed by atoms with Gasteiger partial charge in [-0.25, -0.2) is 5.84 Å². The molecule has 3 N–H and O–H groups in total. The van der Waals surface area contributed by atoms with Crippen LogP contribution in [0.2, 0.25) is 0 Å². The number of carbonyl (C=O) groups excluding carboxylic acids is 1. The molecule has 0 atom stereocenters. The number of hydrazine groups is 1. The summed E-state index contributed by atoms with van der Waals surface area (Å²) in [6.45, 7) is 0.0270. The van der Waals surface area contributed by atoms with Crippen LogP contribution in [0.1, 0.15) is 5.82 Å². The van der Waals surface area contributed by atoms with Crippen molar-refractivity contribution in [2.75, 3.05) is 0 Å². The third kappa shape index (κ3) is 2.99. The van der Waals surface area contributed by atoms with Crippen LogP contribution < -0.4 is 16.0 Å². The van der Waals surface area contributed by atoms with E-state index in [1.807, 2.05) is 35.8 Å². The van der Waals surface area contributed by atoms with Gasteiger partial charge >= 0.3 is 0 Å². The average molecular weight is 299 g/mol. The zero-order valence-electron chi connectivity index (χ0n) is 11.5. The van der Waals surface area contributed by atoms with E-state index in [9.17, 15) is 4.79 Å². The lowest BCUT2D eigenvalue weighted by molar-refractivity contribution is -0.122. The van der Waals surface area contributed by atoms with Crippen molar-refractivity contribution in [2.24, 2.45) is 5.84 Å². The number of fused-ring (bicyclic) bond motifs is 1. The van der Waals surface area contributed by atoms with E-state index in [2.05, 4.69) is 20.4 Å². The number of nitrogens with two attached hydrogens (primary N) is 1. The molecule has 0 aliphatic heterocycles. The number of nitrogens with zero attached hydrogens (tertiary/aromatic N) is 5. The number of benzene rings is 1. The van der Waals surface area contributed by atoms with Gasteiger partial charge in [-0.3, -0.25) is 15.2 Å². The Balaban J connectivity index is 1.70. The summed E-state index contributed by atoms with van der Waals surface area (Å²) >= 11 is 0. The van der Waals surface area contributed by atoms with Crippen molar-refractivity contribution < 1.29 is 9.53 Å². The van der Waals surface area contributed by atoms with Gasteiger partial charge in [0.1, 0.15) is 17.8 Å². The van der Waals surface area contributed by atoms with E-state index in [0.29, 0.717) is 11.6 Å². The van der Waals surface area contributed by atoms with Gasteiger partial charge in [-0.15, -0.1) is 10.2 Å². The molecule has 9 heteroatoms. The summed E-state index contributed by atoms with van der Waals surface area (Å²) < 4.78 is 5.68. The number of nitrogens with one attached hydrogen (secondary N) is 1. The molecule has 9 nitrogen and oxygen atoms in total. The van der Waals surface area contributed by atoms with Crippen LogP contribution in [0.5, 0.6) is 5.75 Å². The minimum atomic E-state index is -0.414. The molecule has 2 heterocycles. The summed E-state index contributed by atoms with van der Waals surface area (Å²) in [7, 11) is 0. The highest BCUT2D eigenvalue weighted by atomic mass is 16.5. The summed E-state index contributed by atoms with van der Waals surface area (Å²) in [5.74, 6) is 5.57. The fourth-order valence-corrected chi connectivity index (χ4v) is 1.91. The molecule has 0 spiro atoms. The molecule has 1 amide bonds. The van der Waals surface area contributed by atoms with Gasteiger partial charge < -0.3 is 4.74 Å². The first-order valence-electron chi connectivity index (χ1n) is 6.49. The van der Waals surface area contributed by atoms with Crippen molar-refractivity contribution in [1.29, 1.82) is 0 Å². The molecule has 0 radical (unpaired) electrons. The summed E-state index contributed by atoms with van der Waals surface area (Å²) in [6, 6.07) is 9.48. The van der Waals surface area contributed by atoms with Crippen LogP contribution in [-0.2, 0) is 17.9 Å². The third-order valence-corrected chi connectivity index (χ3v) is 2.89. The predicted octanol–water partition coefficient (Wildman–Crippen LogP) is -0.210. The molecule has 3 rings (SSSR count). The van der Waals surface area contributed by atoms with Gasteiger partial charge in [0.15, 0.2) is 6.61 Å². The highest BCUT2D eigenvalue weighted by Crippen LogP contribution is 2.23. The zero-order valence-corrected chi connectivity index (χ0v) is 11.5. The topological polar surface area (TPSA) is 121 Å². The maximum absolute atomic E-state index is 11.1. The molecule has 0 saturated heterocycles. The molecule has 0 saturated carbocycles. The van der Waals surface area contributed by atoms with Crippen LogP contribution in [0, 0.1) is 0 Å². The minimum Gasteiger partial charge on any atom is -0.483 e. The number of rotatable bonds is 5. The Kier molecular flexibility index (Phi) is 3.88. The van der Waals surface area contributed by atoms with Crippen molar-refractivity contribution >= 4 is 16.8 Å². The molecule has 0 aliphatic carbocycles. The van der Waals surface area contributed by atoms with E-state index in [1.54, 1.807) is 6.20 Å². The second kappa shape index (κ2) is 6.14. The second-order valence-electron chi connectivity index (χ2n) is 4.42. The van der Waals surface area contributed by atoms with E-state index in [0.717, 1.165) is 15.7 Å². The Morgan fingerprint density at radius 2 is 2.18 bits per heavy atom. The van der Waals surface area contributed by atoms with Gasteiger partial charge in [0.25, 0.3) is 5.91 Å². The minimum absolute atomic E-state index is 0.0979. The molecule has 0 bridgehead atoms.